The van der Waals surface area contributed by atoms with Gasteiger partial charge in [0.1, 0.15) is 0 Å². The van der Waals surface area contributed by atoms with Crippen molar-refractivity contribution in [1.29, 1.82) is 0 Å². The van der Waals surface area contributed by atoms with Gasteiger partial charge in [-0.3, -0.25) is 9.59 Å². The van der Waals surface area contributed by atoms with Crippen LogP contribution in [0.1, 0.15) is 58.3 Å². The third kappa shape index (κ3) is 2.57. The molecule has 3 rings (SSSR count). The van der Waals surface area contributed by atoms with Crippen LogP contribution in [0, 0.1) is 5.92 Å². The van der Waals surface area contributed by atoms with E-state index in [0.29, 0.717) is 25.0 Å². The SMILES string of the molecule is C[C@@H]1CCCCN1C(=O)[C@@H]1CC(=O)N(C2CCCC2)C1. The molecule has 2 atom stereocenters. The average molecular weight is 278 g/mol. The molecule has 1 saturated carbocycles. The monoisotopic (exact) mass is 278 g/mol. The summed E-state index contributed by atoms with van der Waals surface area (Å²) in [7, 11) is 0. The fourth-order valence-corrected chi connectivity index (χ4v) is 4.13. The van der Waals surface area contributed by atoms with Gasteiger partial charge in [-0.15, -0.1) is 0 Å². The molecule has 2 heterocycles. The number of hydrogen-bond acceptors (Lipinski definition) is 2. The van der Waals surface area contributed by atoms with E-state index in [0.717, 1.165) is 32.2 Å². The smallest absolute Gasteiger partial charge is 0.228 e. The second-order valence-electron chi connectivity index (χ2n) is 6.76. The minimum Gasteiger partial charge on any atom is -0.340 e. The topological polar surface area (TPSA) is 40.6 Å². The molecule has 0 radical (unpaired) electrons. The van der Waals surface area contributed by atoms with Crippen molar-refractivity contribution >= 4 is 11.8 Å². The number of likely N-dealkylation sites (tertiary alicyclic amines) is 2. The van der Waals surface area contributed by atoms with Crippen LogP contribution in [-0.2, 0) is 9.59 Å². The van der Waals surface area contributed by atoms with Crippen molar-refractivity contribution in [2.24, 2.45) is 5.92 Å². The van der Waals surface area contributed by atoms with Crippen molar-refractivity contribution in [1.82, 2.24) is 9.80 Å². The number of hydrogen-bond donors (Lipinski definition) is 0. The van der Waals surface area contributed by atoms with Crippen LogP contribution < -0.4 is 0 Å². The molecule has 3 aliphatic rings. The van der Waals surface area contributed by atoms with Gasteiger partial charge >= 0.3 is 0 Å². The normalized spacial score (nSPS) is 32.1. The van der Waals surface area contributed by atoms with E-state index in [4.69, 9.17) is 0 Å². The van der Waals surface area contributed by atoms with E-state index in [9.17, 15) is 9.59 Å². The number of carbonyl (C=O) groups excluding carboxylic acids is 2. The molecule has 0 aromatic heterocycles. The Hall–Kier alpha value is -1.06. The van der Waals surface area contributed by atoms with Crippen molar-refractivity contribution in [2.45, 2.75) is 70.4 Å². The molecule has 1 aliphatic carbocycles. The number of piperidine rings is 1. The quantitative estimate of drug-likeness (QED) is 0.777. The predicted molar refractivity (Wildman–Crippen MR) is 77.1 cm³/mol. The highest BCUT2D eigenvalue weighted by Crippen LogP contribution is 2.31. The van der Waals surface area contributed by atoms with Crippen molar-refractivity contribution in [3.63, 3.8) is 0 Å². The average Bonchev–Trinajstić information content (AvgIpc) is 3.07. The molecule has 0 bridgehead atoms. The van der Waals surface area contributed by atoms with Gasteiger partial charge < -0.3 is 9.80 Å². The maximum Gasteiger partial charge on any atom is 0.228 e. The van der Waals surface area contributed by atoms with Crippen LogP contribution in [0.25, 0.3) is 0 Å². The lowest BCUT2D eigenvalue weighted by Crippen LogP contribution is -2.46. The standard InChI is InChI=1S/C16H26N2O2/c1-12-6-4-5-9-17(12)16(20)13-10-15(19)18(11-13)14-7-2-3-8-14/h12-14H,2-11H2,1H3/t12-,13-/m1/s1. The maximum atomic E-state index is 12.7. The summed E-state index contributed by atoms with van der Waals surface area (Å²) in [6.07, 6.45) is 8.62. The molecule has 2 saturated heterocycles. The molecule has 4 heteroatoms. The van der Waals surface area contributed by atoms with Crippen LogP contribution in [0.4, 0.5) is 0 Å². The lowest BCUT2D eigenvalue weighted by Gasteiger charge is -2.35. The Morgan fingerprint density at radius 1 is 1.10 bits per heavy atom. The molecule has 2 aliphatic heterocycles. The highest BCUT2D eigenvalue weighted by atomic mass is 16.2. The van der Waals surface area contributed by atoms with E-state index in [1.165, 1.54) is 19.3 Å². The Morgan fingerprint density at radius 3 is 2.50 bits per heavy atom. The zero-order chi connectivity index (χ0) is 14.1. The van der Waals surface area contributed by atoms with E-state index >= 15 is 0 Å². The van der Waals surface area contributed by atoms with Crippen molar-refractivity contribution in [3.05, 3.63) is 0 Å². The van der Waals surface area contributed by atoms with Crippen LogP contribution in [0.15, 0.2) is 0 Å². The highest BCUT2D eigenvalue weighted by molar-refractivity contribution is 5.89. The first kappa shape index (κ1) is 13.9. The molecule has 112 valence electrons. The predicted octanol–water partition coefficient (Wildman–Crippen LogP) is 2.18. The Balaban J connectivity index is 1.63. The van der Waals surface area contributed by atoms with Gasteiger partial charge in [0.15, 0.2) is 0 Å². The summed E-state index contributed by atoms with van der Waals surface area (Å²) in [6.45, 7) is 3.70. The molecular weight excluding hydrogens is 252 g/mol. The summed E-state index contributed by atoms with van der Waals surface area (Å²) < 4.78 is 0. The van der Waals surface area contributed by atoms with Crippen LogP contribution in [-0.4, -0.2) is 46.8 Å². The fourth-order valence-electron chi connectivity index (χ4n) is 4.13. The fraction of sp³-hybridized carbons (Fsp3) is 0.875. The molecule has 0 spiro atoms. The van der Waals surface area contributed by atoms with Crippen LogP contribution in [0.3, 0.4) is 0 Å². The zero-order valence-corrected chi connectivity index (χ0v) is 12.5. The van der Waals surface area contributed by atoms with Gasteiger partial charge in [0.2, 0.25) is 11.8 Å². The van der Waals surface area contributed by atoms with Crippen LogP contribution >= 0.6 is 0 Å². The summed E-state index contributed by atoms with van der Waals surface area (Å²) in [5, 5.41) is 0. The molecule has 0 N–H and O–H groups in total. The Kier molecular flexibility index (Phi) is 3.99. The van der Waals surface area contributed by atoms with E-state index < -0.39 is 0 Å². The number of nitrogens with zero attached hydrogens (tertiary/aromatic N) is 2. The van der Waals surface area contributed by atoms with E-state index in [2.05, 4.69) is 6.92 Å². The lowest BCUT2D eigenvalue weighted by molar-refractivity contribution is -0.139. The molecule has 0 aromatic carbocycles. The van der Waals surface area contributed by atoms with Gasteiger partial charge in [-0.1, -0.05) is 12.8 Å². The molecule has 2 amide bonds. The lowest BCUT2D eigenvalue weighted by atomic mass is 9.99. The van der Waals surface area contributed by atoms with Crippen molar-refractivity contribution < 1.29 is 9.59 Å². The zero-order valence-electron chi connectivity index (χ0n) is 12.5. The summed E-state index contributed by atoms with van der Waals surface area (Å²) >= 11 is 0. The molecule has 0 aromatic rings. The number of amides is 2. The summed E-state index contributed by atoms with van der Waals surface area (Å²) in [6, 6.07) is 0.769. The van der Waals surface area contributed by atoms with Crippen molar-refractivity contribution in [3.8, 4) is 0 Å². The molecule has 3 fully saturated rings. The summed E-state index contributed by atoms with van der Waals surface area (Å²) in [4.78, 5) is 28.9. The van der Waals surface area contributed by atoms with Crippen molar-refractivity contribution in [2.75, 3.05) is 13.1 Å². The van der Waals surface area contributed by atoms with Gasteiger partial charge in [0.25, 0.3) is 0 Å². The molecule has 4 nitrogen and oxygen atoms in total. The van der Waals surface area contributed by atoms with Gasteiger partial charge in [-0.2, -0.15) is 0 Å². The molecule has 0 unspecified atom stereocenters. The first-order valence-corrected chi connectivity index (χ1v) is 8.27. The minimum absolute atomic E-state index is 0.0800. The second kappa shape index (κ2) is 5.74. The third-order valence-electron chi connectivity index (χ3n) is 5.36. The minimum atomic E-state index is -0.0800. The Labute approximate surface area is 121 Å². The largest absolute Gasteiger partial charge is 0.340 e. The van der Waals surface area contributed by atoms with Crippen LogP contribution in [0.2, 0.25) is 0 Å². The Bertz CT molecular complexity index is 390. The van der Waals surface area contributed by atoms with Crippen LogP contribution in [0.5, 0.6) is 0 Å². The first-order chi connectivity index (χ1) is 9.66. The summed E-state index contributed by atoms with van der Waals surface area (Å²) in [5.41, 5.74) is 0. The maximum absolute atomic E-state index is 12.7. The molecular formula is C16H26N2O2. The van der Waals surface area contributed by atoms with Gasteiger partial charge in [-0.25, -0.2) is 0 Å². The van der Waals surface area contributed by atoms with E-state index in [1.54, 1.807) is 0 Å². The Morgan fingerprint density at radius 2 is 1.80 bits per heavy atom. The van der Waals surface area contributed by atoms with Gasteiger partial charge in [0, 0.05) is 31.6 Å². The van der Waals surface area contributed by atoms with Gasteiger partial charge in [-0.05, 0) is 39.0 Å². The van der Waals surface area contributed by atoms with Gasteiger partial charge in [0.05, 0.1) is 5.92 Å². The molecule has 20 heavy (non-hydrogen) atoms. The highest BCUT2D eigenvalue weighted by Gasteiger charge is 2.41. The number of rotatable bonds is 2. The summed E-state index contributed by atoms with van der Waals surface area (Å²) in [5.74, 6) is 0.356. The third-order valence-corrected chi connectivity index (χ3v) is 5.36. The number of carbonyl (C=O) groups is 2. The van der Waals surface area contributed by atoms with E-state index in [1.807, 2.05) is 9.80 Å². The van der Waals surface area contributed by atoms with E-state index in [-0.39, 0.29) is 17.7 Å². The second-order valence-corrected chi connectivity index (χ2v) is 6.76. The first-order valence-electron chi connectivity index (χ1n) is 8.27.